The second-order valence-corrected chi connectivity index (χ2v) is 10.5. The number of allylic oxidation sites excluding steroid dienone is 1. The Morgan fingerprint density at radius 2 is 1.88 bits per heavy atom. The van der Waals surface area contributed by atoms with Crippen LogP contribution in [0.3, 0.4) is 0 Å². The molecule has 1 aliphatic carbocycles. The van der Waals surface area contributed by atoms with Crippen molar-refractivity contribution in [3.05, 3.63) is 112 Å². The lowest BCUT2D eigenvalue weighted by atomic mass is 9.93. The van der Waals surface area contributed by atoms with Gasteiger partial charge in [-0.15, -0.1) is 0 Å². The number of rotatable bonds is 4. The molecule has 9 heteroatoms. The molecule has 8 nitrogen and oxygen atoms in total. The van der Waals surface area contributed by atoms with Crippen LogP contribution in [0.15, 0.2) is 73.2 Å². The van der Waals surface area contributed by atoms with Crippen LogP contribution in [0.4, 0.5) is 10.5 Å². The van der Waals surface area contributed by atoms with Crippen LogP contribution in [0.5, 0.6) is 0 Å². The van der Waals surface area contributed by atoms with Gasteiger partial charge in [-0.3, -0.25) is 9.88 Å². The van der Waals surface area contributed by atoms with Gasteiger partial charge >= 0.3 is 6.03 Å². The van der Waals surface area contributed by atoms with Crippen LogP contribution < -0.4 is 5.32 Å². The summed E-state index contributed by atoms with van der Waals surface area (Å²) in [6.45, 7) is 5.23. The lowest BCUT2D eigenvalue weighted by Crippen LogP contribution is -2.51. The molecule has 0 spiro atoms. The van der Waals surface area contributed by atoms with Gasteiger partial charge in [0.1, 0.15) is 5.82 Å². The van der Waals surface area contributed by atoms with E-state index in [2.05, 4.69) is 50.1 Å². The molecule has 0 saturated carbocycles. The number of carbonyl (C=O) groups is 1. The zero-order chi connectivity index (χ0) is 27.6. The van der Waals surface area contributed by atoms with Gasteiger partial charge in [0, 0.05) is 62.0 Å². The standard InChI is InChI=1S/C31H28ClN7O/c1-21-34-11-12-39(21)20-24-17-23-3-2-10-35-29(23)30(27-9-6-25(32)18-28(24)27)37-13-15-38(16-14-37)31(40)36-26-7-4-22(19-33)5-8-26/h2-12,17-18,30H,13-16,20H2,1H3,(H,36,40)/t30-/m0/s1. The summed E-state index contributed by atoms with van der Waals surface area (Å²) in [6, 6.07) is 19.0. The van der Waals surface area contributed by atoms with Crippen molar-refractivity contribution in [2.45, 2.75) is 19.5 Å². The fourth-order valence-electron chi connectivity index (χ4n) is 5.51. The Bertz CT molecular complexity index is 1630. The number of aromatic nitrogens is 3. The number of fused-ring (bicyclic) bond motifs is 2. The second kappa shape index (κ2) is 11.0. The van der Waals surface area contributed by atoms with E-state index in [0.29, 0.717) is 49.0 Å². The molecule has 0 unspecified atom stereocenters. The van der Waals surface area contributed by atoms with Crippen molar-refractivity contribution < 1.29 is 4.79 Å². The van der Waals surface area contributed by atoms with E-state index in [-0.39, 0.29) is 12.1 Å². The third-order valence-electron chi connectivity index (χ3n) is 7.61. The van der Waals surface area contributed by atoms with Crippen molar-refractivity contribution in [3.63, 3.8) is 0 Å². The van der Waals surface area contributed by atoms with Gasteiger partial charge in [0.2, 0.25) is 0 Å². The zero-order valence-corrected chi connectivity index (χ0v) is 22.8. The normalized spacial score (nSPS) is 16.8. The summed E-state index contributed by atoms with van der Waals surface area (Å²) in [4.78, 5) is 26.5. The maximum absolute atomic E-state index is 13.0. The van der Waals surface area contributed by atoms with Crippen LogP contribution >= 0.6 is 11.6 Å². The van der Waals surface area contributed by atoms with Crippen LogP contribution in [-0.4, -0.2) is 56.5 Å². The predicted octanol–water partition coefficient (Wildman–Crippen LogP) is 5.60. The average Bonchev–Trinajstić information content (AvgIpc) is 3.33. The number of benzene rings is 2. The Balaban J connectivity index is 1.27. The van der Waals surface area contributed by atoms with Crippen LogP contribution in [-0.2, 0) is 6.54 Å². The van der Waals surface area contributed by atoms with E-state index in [4.69, 9.17) is 21.8 Å². The summed E-state index contributed by atoms with van der Waals surface area (Å²) >= 11 is 6.55. The predicted molar refractivity (Wildman–Crippen MR) is 156 cm³/mol. The number of aryl methyl sites for hydroxylation is 1. The number of anilines is 1. The largest absolute Gasteiger partial charge is 0.331 e. The van der Waals surface area contributed by atoms with Gasteiger partial charge in [-0.05, 0) is 77.7 Å². The SMILES string of the molecule is Cc1nccn1CC1=Cc2cccnc2[C@@H](N2CCN(C(=O)Nc3ccc(C#N)cc3)CC2)c2ccc(Cl)cc21. The molecule has 1 saturated heterocycles. The number of amides is 2. The Morgan fingerprint density at radius 1 is 1.07 bits per heavy atom. The number of urea groups is 1. The summed E-state index contributed by atoms with van der Waals surface area (Å²) < 4.78 is 2.14. The molecule has 0 radical (unpaired) electrons. The fraction of sp³-hybridized carbons (Fsp3) is 0.226. The fourth-order valence-corrected chi connectivity index (χ4v) is 5.68. The highest BCUT2D eigenvalue weighted by Crippen LogP contribution is 2.41. The molecule has 1 fully saturated rings. The monoisotopic (exact) mass is 549 g/mol. The molecule has 2 amide bonds. The molecule has 3 heterocycles. The number of pyridine rings is 1. The number of nitrogens with zero attached hydrogens (tertiary/aromatic N) is 6. The van der Waals surface area contributed by atoms with Gasteiger partial charge in [0.05, 0.1) is 23.4 Å². The van der Waals surface area contributed by atoms with Gasteiger partial charge in [0.25, 0.3) is 0 Å². The molecule has 200 valence electrons. The molecular formula is C31H28ClN7O. The molecule has 1 N–H and O–H groups in total. The third kappa shape index (κ3) is 5.09. The van der Waals surface area contributed by atoms with Gasteiger partial charge in [-0.2, -0.15) is 5.26 Å². The molecule has 1 aliphatic heterocycles. The Labute approximate surface area is 238 Å². The number of piperazine rings is 1. The molecule has 0 bridgehead atoms. The smallest absolute Gasteiger partial charge is 0.321 e. The lowest BCUT2D eigenvalue weighted by Gasteiger charge is -2.39. The minimum Gasteiger partial charge on any atom is -0.331 e. The van der Waals surface area contributed by atoms with Crippen molar-refractivity contribution in [3.8, 4) is 6.07 Å². The van der Waals surface area contributed by atoms with E-state index in [1.807, 2.05) is 42.5 Å². The highest BCUT2D eigenvalue weighted by Gasteiger charge is 2.33. The number of nitrogens with one attached hydrogen (secondary N) is 1. The summed E-state index contributed by atoms with van der Waals surface area (Å²) in [6.07, 6.45) is 7.88. The number of hydrogen-bond acceptors (Lipinski definition) is 5. The first-order valence-electron chi connectivity index (χ1n) is 13.2. The molecule has 2 aromatic heterocycles. The van der Waals surface area contributed by atoms with Crippen LogP contribution in [0.2, 0.25) is 5.02 Å². The summed E-state index contributed by atoms with van der Waals surface area (Å²) in [5, 5.41) is 12.7. The average molecular weight is 550 g/mol. The Morgan fingerprint density at radius 3 is 2.60 bits per heavy atom. The van der Waals surface area contributed by atoms with Gasteiger partial charge < -0.3 is 14.8 Å². The van der Waals surface area contributed by atoms with Crippen LogP contribution in [0, 0.1) is 18.3 Å². The Kier molecular flexibility index (Phi) is 7.08. The van der Waals surface area contributed by atoms with Gasteiger partial charge in [-0.1, -0.05) is 23.7 Å². The number of imidazole rings is 1. The minimum atomic E-state index is -0.143. The minimum absolute atomic E-state index is 0.0789. The van der Waals surface area contributed by atoms with Crippen LogP contribution in [0.25, 0.3) is 11.6 Å². The summed E-state index contributed by atoms with van der Waals surface area (Å²) in [7, 11) is 0. The second-order valence-electron chi connectivity index (χ2n) is 10.0. The topological polar surface area (TPSA) is 90.1 Å². The zero-order valence-electron chi connectivity index (χ0n) is 22.1. The summed E-state index contributed by atoms with van der Waals surface area (Å²) in [5.74, 6) is 0.951. The van der Waals surface area contributed by atoms with Crippen molar-refractivity contribution in [2.24, 2.45) is 0 Å². The Hall–Kier alpha value is -4.45. The van der Waals surface area contributed by atoms with E-state index in [1.165, 1.54) is 0 Å². The van der Waals surface area contributed by atoms with Gasteiger partial charge in [-0.25, -0.2) is 9.78 Å². The number of nitriles is 1. The van der Waals surface area contributed by atoms with Crippen LogP contribution in [0.1, 0.15) is 39.8 Å². The first-order chi connectivity index (χ1) is 19.5. The van der Waals surface area contributed by atoms with Crippen molar-refractivity contribution >= 4 is 35.0 Å². The summed E-state index contributed by atoms with van der Waals surface area (Å²) in [5.41, 5.74) is 6.71. The molecule has 1 atom stereocenters. The van der Waals surface area contributed by atoms with Crippen molar-refractivity contribution in [1.82, 2.24) is 24.3 Å². The molecular weight excluding hydrogens is 522 g/mol. The number of carbonyl (C=O) groups excluding carboxylic acids is 1. The molecule has 40 heavy (non-hydrogen) atoms. The maximum Gasteiger partial charge on any atom is 0.321 e. The molecule has 6 rings (SSSR count). The highest BCUT2D eigenvalue weighted by molar-refractivity contribution is 6.30. The number of hydrogen-bond donors (Lipinski definition) is 1. The third-order valence-corrected chi connectivity index (χ3v) is 7.85. The van der Waals surface area contributed by atoms with Gasteiger partial charge in [0.15, 0.2) is 0 Å². The lowest BCUT2D eigenvalue weighted by molar-refractivity contribution is 0.125. The van der Waals surface area contributed by atoms with Crippen molar-refractivity contribution in [2.75, 3.05) is 31.5 Å². The maximum atomic E-state index is 13.0. The number of halogens is 1. The first-order valence-corrected chi connectivity index (χ1v) is 13.6. The van der Waals surface area contributed by atoms with Crippen molar-refractivity contribution in [1.29, 1.82) is 5.26 Å². The van der Waals surface area contributed by atoms with E-state index in [0.717, 1.165) is 33.8 Å². The van der Waals surface area contributed by atoms with E-state index in [9.17, 15) is 4.79 Å². The molecule has 2 aliphatic rings. The van der Waals surface area contributed by atoms with E-state index >= 15 is 0 Å². The highest BCUT2D eigenvalue weighted by atomic mass is 35.5. The van der Waals surface area contributed by atoms with E-state index in [1.54, 1.807) is 24.3 Å². The molecule has 4 aromatic rings. The first kappa shape index (κ1) is 25.8. The quantitative estimate of drug-likeness (QED) is 0.357. The van der Waals surface area contributed by atoms with E-state index < -0.39 is 0 Å². The molecule has 2 aromatic carbocycles.